The van der Waals surface area contributed by atoms with Crippen LogP contribution >= 0.6 is 0 Å². The highest BCUT2D eigenvalue weighted by Crippen LogP contribution is 2.29. The zero-order valence-electron chi connectivity index (χ0n) is 19.3. The van der Waals surface area contributed by atoms with Gasteiger partial charge in [-0.2, -0.15) is 0 Å². The first kappa shape index (κ1) is 13.4. The number of benzene rings is 1. The van der Waals surface area contributed by atoms with Gasteiger partial charge in [-0.25, -0.2) is 8.42 Å². The van der Waals surface area contributed by atoms with Crippen molar-refractivity contribution in [2.75, 3.05) is 38.2 Å². The van der Waals surface area contributed by atoms with Crippen LogP contribution in [-0.4, -0.2) is 57.7 Å². The fourth-order valence-electron chi connectivity index (χ4n) is 2.81. The van der Waals surface area contributed by atoms with Gasteiger partial charge in [0.1, 0.15) is 5.75 Å². The molecule has 0 radical (unpaired) electrons. The number of amides is 1. The second-order valence-electron chi connectivity index (χ2n) is 5.86. The summed E-state index contributed by atoms with van der Waals surface area (Å²) in [6.45, 7) is -3.63. The summed E-state index contributed by atoms with van der Waals surface area (Å²) in [4.78, 5) is 13.9. The van der Waals surface area contributed by atoms with E-state index in [1.54, 1.807) is 0 Å². The van der Waals surface area contributed by atoms with Crippen molar-refractivity contribution in [3.8, 4) is 5.75 Å². The minimum Gasteiger partial charge on any atom is -0.496 e. The Kier molecular flexibility index (Phi) is 4.32. The van der Waals surface area contributed by atoms with E-state index in [0.29, 0.717) is 12.8 Å². The number of likely N-dealkylation sites (tertiary alicyclic amines) is 1. The number of nitrogens with two attached hydrogens (primary N) is 1. The van der Waals surface area contributed by atoms with E-state index in [9.17, 15) is 13.2 Å². The van der Waals surface area contributed by atoms with E-state index >= 15 is 0 Å². The molecule has 1 fully saturated rings. The maximum Gasteiger partial charge on any atom is 0.255 e. The molecule has 1 amide bonds. The number of methoxy groups -OCH3 is 1. The number of nitrogen functional groups attached to an aromatic ring is 1. The fraction of sp³-hybridized carbons (Fsp3) is 0.588. The Labute approximate surface area is 156 Å². The maximum absolute atomic E-state index is 12.9. The SMILES string of the molecule is [2H]C([2H])([2H])C([2H])([2H])N1CCCC(NC(=O)c2cc(S(=O)(=O)CC)c(N)cc2OC)C1. The smallest absolute Gasteiger partial charge is 0.255 e. The lowest BCUT2D eigenvalue weighted by Crippen LogP contribution is -2.47. The van der Waals surface area contributed by atoms with Gasteiger partial charge in [0.2, 0.25) is 0 Å². The normalized spacial score (nSPS) is 22.8. The molecule has 2 rings (SSSR count). The summed E-state index contributed by atoms with van der Waals surface area (Å²) in [5, 5.41) is 2.73. The molecule has 1 unspecified atom stereocenters. The number of hydrogen-bond acceptors (Lipinski definition) is 6. The van der Waals surface area contributed by atoms with Gasteiger partial charge >= 0.3 is 0 Å². The van der Waals surface area contributed by atoms with E-state index in [4.69, 9.17) is 17.3 Å². The number of ether oxygens (including phenoxy) is 1. The second kappa shape index (κ2) is 8.05. The van der Waals surface area contributed by atoms with Crippen LogP contribution in [0.1, 0.15) is 43.8 Å². The first-order chi connectivity index (χ1) is 13.7. The largest absolute Gasteiger partial charge is 0.496 e. The first-order valence-electron chi connectivity index (χ1n) is 10.5. The van der Waals surface area contributed by atoms with Crippen molar-refractivity contribution < 1.29 is 24.8 Å². The van der Waals surface area contributed by atoms with E-state index in [-0.39, 0.29) is 40.7 Å². The third-order valence-electron chi connectivity index (χ3n) is 4.21. The average Bonchev–Trinajstić information content (AvgIpc) is 2.66. The van der Waals surface area contributed by atoms with Crippen molar-refractivity contribution in [2.45, 2.75) is 37.6 Å². The highest BCUT2D eigenvalue weighted by atomic mass is 32.2. The molecule has 1 aromatic carbocycles. The van der Waals surface area contributed by atoms with E-state index in [2.05, 4.69) is 5.32 Å². The number of nitrogens with zero attached hydrogens (tertiary/aromatic N) is 1. The van der Waals surface area contributed by atoms with Gasteiger partial charge in [-0.1, -0.05) is 13.8 Å². The van der Waals surface area contributed by atoms with Crippen molar-refractivity contribution in [2.24, 2.45) is 0 Å². The van der Waals surface area contributed by atoms with E-state index in [0.717, 1.165) is 0 Å². The Morgan fingerprint density at radius 2 is 2.32 bits per heavy atom. The van der Waals surface area contributed by atoms with Gasteiger partial charge in [0.15, 0.2) is 9.84 Å². The Bertz CT molecular complexity index is 905. The molecule has 0 aliphatic carbocycles. The third kappa shape index (κ3) is 4.43. The zero-order valence-corrected chi connectivity index (χ0v) is 15.1. The molecule has 140 valence electrons. The van der Waals surface area contributed by atoms with Gasteiger partial charge in [0.25, 0.3) is 5.91 Å². The standard InChI is InChI=1S/C17H27N3O4S/c1-4-20-8-6-7-12(11-20)19-17(21)13-9-16(25(22,23)5-2)14(18)10-15(13)24-3/h9-10,12H,4-8,11,18H2,1-3H3,(H,19,21)/i1D3,4D2. The van der Waals surface area contributed by atoms with E-state index in [1.807, 2.05) is 0 Å². The molecule has 1 heterocycles. The number of rotatable bonds is 6. The third-order valence-corrected chi connectivity index (χ3v) is 5.99. The summed E-state index contributed by atoms with van der Waals surface area (Å²) in [5.41, 5.74) is 5.78. The van der Waals surface area contributed by atoms with Crippen molar-refractivity contribution in [3.63, 3.8) is 0 Å². The molecule has 1 aromatic rings. The molecule has 1 aliphatic rings. The second-order valence-corrected chi connectivity index (χ2v) is 8.11. The van der Waals surface area contributed by atoms with Crippen molar-refractivity contribution >= 4 is 21.4 Å². The molecule has 1 aliphatic heterocycles. The number of likely N-dealkylation sites (N-methyl/N-ethyl adjacent to an activating group) is 1. The molecular formula is C17H27N3O4S. The summed E-state index contributed by atoms with van der Waals surface area (Å²) < 4.78 is 67.9. The number of piperidine rings is 1. The van der Waals surface area contributed by atoms with Crippen LogP contribution in [0, 0.1) is 0 Å². The van der Waals surface area contributed by atoms with Gasteiger partial charge in [-0.05, 0) is 31.9 Å². The first-order valence-corrected chi connectivity index (χ1v) is 9.66. The van der Waals surface area contributed by atoms with Crippen LogP contribution in [-0.2, 0) is 9.84 Å². The molecule has 1 saturated heterocycles. The van der Waals surface area contributed by atoms with Crippen LogP contribution in [0.5, 0.6) is 5.75 Å². The van der Waals surface area contributed by atoms with Crippen LogP contribution in [0.4, 0.5) is 5.69 Å². The maximum atomic E-state index is 12.9. The minimum atomic E-state index is -3.67. The zero-order chi connectivity index (χ0) is 22.9. The quantitative estimate of drug-likeness (QED) is 0.728. The summed E-state index contributed by atoms with van der Waals surface area (Å²) in [5.74, 6) is -0.696. The van der Waals surface area contributed by atoms with Crippen molar-refractivity contribution in [1.82, 2.24) is 10.2 Å². The Morgan fingerprint density at radius 3 is 2.96 bits per heavy atom. The number of nitrogens with one attached hydrogen (secondary N) is 1. The lowest BCUT2D eigenvalue weighted by Gasteiger charge is -2.32. The highest BCUT2D eigenvalue weighted by Gasteiger charge is 2.25. The number of hydrogen-bond donors (Lipinski definition) is 2. The predicted octanol–water partition coefficient (Wildman–Crippen LogP) is 1.29. The fourth-order valence-corrected chi connectivity index (χ4v) is 3.83. The molecular weight excluding hydrogens is 342 g/mol. The van der Waals surface area contributed by atoms with Gasteiger partial charge < -0.3 is 20.7 Å². The minimum absolute atomic E-state index is 0.00847. The summed E-state index contributed by atoms with van der Waals surface area (Å²) in [7, 11) is -2.34. The van der Waals surface area contributed by atoms with Crippen LogP contribution in [0.2, 0.25) is 0 Å². The van der Waals surface area contributed by atoms with Gasteiger partial charge in [0.05, 0.1) is 29.0 Å². The highest BCUT2D eigenvalue weighted by molar-refractivity contribution is 7.91. The van der Waals surface area contributed by atoms with Gasteiger partial charge in [0, 0.05) is 25.5 Å². The predicted molar refractivity (Wildman–Crippen MR) is 97.7 cm³/mol. The molecule has 0 aromatic heterocycles. The number of carbonyl (C=O) groups excluding carboxylic acids is 1. The van der Waals surface area contributed by atoms with Crippen molar-refractivity contribution in [1.29, 1.82) is 0 Å². The van der Waals surface area contributed by atoms with Gasteiger partial charge in [-0.15, -0.1) is 0 Å². The average molecular weight is 375 g/mol. The monoisotopic (exact) mass is 374 g/mol. The summed E-state index contributed by atoms with van der Waals surface area (Å²) in [6.07, 6.45) is 1.02. The van der Waals surface area contributed by atoms with Crippen LogP contribution in [0.25, 0.3) is 0 Å². The number of sulfone groups is 1. The summed E-state index contributed by atoms with van der Waals surface area (Å²) in [6, 6.07) is 1.93. The van der Waals surface area contributed by atoms with Crippen LogP contribution in [0.15, 0.2) is 17.0 Å². The lowest BCUT2D eigenvalue weighted by atomic mass is 10.0. The number of anilines is 1. The molecule has 25 heavy (non-hydrogen) atoms. The number of carbonyl (C=O) groups is 1. The Balaban J connectivity index is 2.28. The molecule has 3 N–H and O–H groups in total. The van der Waals surface area contributed by atoms with Crippen molar-refractivity contribution in [3.05, 3.63) is 17.7 Å². The van der Waals surface area contributed by atoms with E-state index in [1.165, 1.54) is 31.1 Å². The molecule has 0 saturated carbocycles. The summed E-state index contributed by atoms with van der Waals surface area (Å²) >= 11 is 0. The molecule has 1 atom stereocenters. The van der Waals surface area contributed by atoms with Gasteiger partial charge in [-0.3, -0.25) is 4.79 Å². The van der Waals surface area contributed by atoms with Crippen LogP contribution in [0.3, 0.4) is 0 Å². The van der Waals surface area contributed by atoms with E-state index < -0.39 is 35.1 Å². The molecule has 8 heteroatoms. The topological polar surface area (TPSA) is 102 Å². The molecule has 0 spiro atoms. The lowest BCUT2D eigenvalue weighted by molar-refractivity contribution is 0.0902. The molecule has 0 bridgehead atoms. The Morgan fingerprint density at radius 1 is 1.56 bits per heavy atom. The molecule has 7 nitrogen and oxygen atoms in total. The Hall–Kier alpha value is -1.80. The van der Waals surface area contributed by atoms with Crippen LogP contribution < -0.4 is 15.8 Å².